The first-order valence-electron chi connectivity index (χ1n) is 8.41. The van der Waals surface area contributed by atoms with E-state index in [4.69, 9.17) is 10.5 Å². The Labute approximate surface area is 144 Å². The number of piperidine rings is 1. The quantitative estimate of drug-likeness (QED) is 0.879. The van der Waals surface area contributed by atoms with Gasteiger partial charge in [0.2, 0.25) is 0 Å². The second-order valence-corrected chi connectivity index (χ2v) is 7.66. The van der Waals surface area contributed by atoms with Crippen molar-refractivity contribution >= 4 is 11.9 Å². The lowest BCUT2D eigenvalue weighted by Crippen LogP contribution is -2.54. The number of anilines is 1. The average molecular weight is 335 g/mol. The van der Waals surface area contributed by atoms with Crippen LogP contribution in [0.2, 0.25) is 0 Å². The molecule has 0 saturated carbocycles. The van der Waals surface area contributed by atoms with Gasteiger partial charge in [-0.15, -0.1) is 0 Å². The third-order valence-corrected chi connectivity index (χ3v) is 4.11. The van der Waals surface area contributed by atoms with Crippen molar-refractivity contribution in [3.63, 3.8) is 0 Å². The van der Waals surface area contributed by atoms with Crippen LogP contribution in [0.25, 0.3) is 0 Å². The van der Waals surface area contributed by atoms with Gasteiger partial charge >= 0.3 is 6.09 Å². The highest BCUT2D eigenvalue weighted by molar-refractivity contribution is 5.68. The summed E-state index contributed by atoms with van der Waals surface area (Å²) in [6.45, 7) is 11.5. The number of alkyl carbamates (subject to hydrolysis) is 1. The van der Waals surface area contributed by atoms with Crippen LogP contribution in [0, 0.1) is 6.92 Å². The standard InChI is InChI=1S/C17H29N5O2/c1-12-11-19-14(13(10-18)20-12)22-8-6-17(5,7-9-22)21-15(23)24-16(2,3)4/h11H,6-10,18H2,1-5H3,(H,21,23). The highest BCUT2D eigenvalue weighted by Gasteiger charge is 2.34. The summed E-state index contributed by atoms with van der Waals surface area (Å²) in [6.07, 6.45) is 3.02. The van der Waals surface area contributed by atoms with Gasteiger partial charge in [0.15, 0.2) is 5.82 Å². The second-order valence-electron chi connectivity index (χ2n) is 7.66. The molecule has 2 heterocycles. The van der Waals surface area contributed by atoms with E-state index in [2.05, 4.69) is 27.1 Å². The summed E-state index contributed by atoms with van der Waals surface area (Å²) in [5.74, 6) is 0.849. The Kier molecular flexibility index (Phi) is 5.32. The van der Waals surface area contributed by atoms with Gasteiger partial charge in [0.25, 0.3) is 0 Å². The first-order chi connectivity index (χ1) is 11.1. The van der Waals surface area contributed by atoms with E-state index in [-0.39, 0.29) is 11.6 Å². The number of nitrogens with two attached hydrogens (primary N) is 1. The van der Waals surface area contributed by atoms with Crippen LogP contribution < -0.4 is 16.0 Å². The summed E-state index contributed by atoms with van der Waals surface area (Å²) in [6, 6.07) is 0. The van der Waals surface area contributed by atoms with Crippen LogP contribution in [0.1, 0.15) is 51.9 Å². The molecule has 3 N–H and O–H groups in total. The SMILES string of the molecule is Cc1cnc(N2CCC(C)(NC(=O)OC(C)(C)C)CC2)c(CN)n1. The summed E-state index contributed by atoms with van der Waals surface area (Å²) >= 11 is 0. The number of hydrogen-bond acceptors (Lipinski definition) is 6. The van der Waals surface area contributed by atoms with Gasteiger partial charge in [-0.2, -0.15) is 0 Å². The van der Waals surface area contributed by atoms with Crippen molar-refractivity contribution < 1.29 is 9.53 Å². The minimum absolute atomic E-state index is 0.278. The Morgan fingerprint density at radius 1 is 1.42 bits per heavy atom. The largest absolute Gasteiger partial charge is 0.444 e. The molecule has 1 aliphatic heterocycles. The molecular formula is C17H29N5O2. The lowest BCUT2D eigenvalue weighted by atomic mass is 9.89. The van der Waals surface area contributed by atoms with Crippen LogP contribution in [0.15, 0.2) is 6.20 Å². The van der Waals surface area contributed by atoms with Crippen LogP contribution in [0.4, 0.5) is 10.6 Å². The number of amides is 1. The maximum Gasteiger partial charge on any atom is 0.408 e. The molecular weight excluding hydrogens is 306 g/mol. The Morgan fingerprint density at radius 2 is 2.04 bits per heavy atom. The molecule has 1 aliphatic rings. The average Bonchev–Trinajstić information content (AvgIpc) is 2.45. The third kappa shape index (κ3) is 4.80. The maximum absolute atomic E-state index is 12.0. The molecule has 1 saturated heterocycles. The van der Waals surface area contributed by atoms with Gasteiger partial charge in [0, 0.05) is 25.2 Å². The van der Waals surface area contributed by atoms with Crippen LogP contribution >= 0.6 is 0 Å². The smallest absolute Gasteiger partial charge is 0.408 e. The summed E-state index contributed by atoms with van der Waals surface area (Å²) in [5, 5.41) is 3.01. The van der Waals surface area contributed by atoms with Crippen molar-refractivity contribution in [2.24, 2.45) is 5.73 Å². The number of aromatic nitrogens is 2. The number of aryl methyl sites for hydroxylation is 1. The molecule has 0 spiro atoms. The van der Waals surface area contributed by atoms with Crippen LogP contribution in [-0.4, -0.2) is 40.3 Å². The zero-order valence-electron chi connectivity index (χ0n) is 15.3. The molecule has 0 bridgehead atoms. The van der Waals surface area contributed by atoms with Crippen molar-refractivity contribution in [1.82, 2.24) is 15.3 Å². The molecule has 1 aromatic rings. The molecule has 1 fully saturated rings. The predicted octanol–water partition coefficient (Wildman–Crippen LogP) is 2.13. The summed E-state index contributed by atoms with van der Waals surface area (Å²) < 4.78 is 5.36. The highest BCUT2D eigenvalue weighted by Crippen LogP contribution is 2.27. The van der Waals surface area contributed by atoms with Gasteiger partial charge in [-0.25, -0.2) is 9.78 Å². The van der Waals surface area contributed by atoms with Gasteiger partial charge in [-0.05, 0) is 47.5 Å². The molecule has 7 heteroatoms. The van der Waals surface area contributed by atoms with Crippen molar-refractivity contribution in [1.29, 1.82) is 0 Å². The summed E-state index contributed by atoms with van der Waals surface area (Å²) in [4.78, 5) is 23.2. The molecule has 0 atom stereocenters. The van der Waals surface area contributed by atoms with Gasteiger partial charge in [0.05, 0.1) is 17.6 Å². The van der Waals surface area contributed by atoms with Gasteiger partial charge in [-0.1, -0.05) is 0 Å². The minimum Gasteiger partial charge on any atom is -0.444 e. The second kappa shape index (κ2) is 6.93. The number of carbonyl (C=O) groups is 1. The zero-order valence-corrected chi connectivity index (χ0v) is 15.3. The molecule has 0 aliphatic carbocycles. The van der Waals surface area contributed by atoms with Crippen molar-refractivity contribution in [2.45, 2.75) is 65.1 Å². The molecule has 0 unspecified atom stereocenters. The van der Waals surface area contributed by atoms with E-state index in [9.17, 15) is 4.79 Å². The fourth-order valence-electron chi connectivity index (χ4n) is 2.81. The van der Waals surface area contributed by atoms with Crippen LogP contribution in [0.3, 0.4) is 0 Å². The number of nitrogens with one attached hydrogen (secondary N) is 1. The summed E-state index contributed by atoms with van der Waals surface area (Å²) in [5.41, 5.74) is 6.72. The Morgan fingerprint density at radius 3 is 2.58 bits per heavy atom. The van der Waals surface area contributed by atoms with Crippen molar-refractivity contribution in [3.8, 4) is 0 Å². The van der Waals surface area contributed by atoms with E-state index in [1.165, 1.54) is 0 Å². The van der Waals surface area contributed by atoms with Gasteiger partial charge < -0.3 is 20.7 Å². The number of hydrogen-bond donors (Lipinski definition) is 2. The fraction of sp³-hybridized carbons (Fsp3) is 0.706. The molecule has 2 rings (SSSR count). The van der Waals surface area contributed by atoms with Crippen molar-refractivity contribution in [2.75, 3.05) is 18.0 Å². The maximum atomic E-state index is 12.0. The highest BCUT2D eigenvalue weighted by atomic mass is 16.6. The molecule has 0 aromatic carbocycles. The molecule has 134 valence electrons. The fourth-order valence-corrected chi connectivity index (χ4v) is 2.81. The molecule has 1 aromatic heterocycles. The normalized spacial score (nSPS) is 17.5. The number of ether oxygens (including phenoxy) is 1. The number of rotatable bonds is 3. The number of nitrogens with zero attached hydrogens (tertiary/aromatic N) is 3. The molecule has 0 radical (unpaired) electrons. The van der Waals surface area contributed by atoms with E-state index in [1.807, 2.05) is 27.7 Å². The lowest BCUT2D eigenvalue weighted by Gasteiger charge is -2.40. The van der Waals surface area contributed by atoms with Crippen LogP contribution in [-0.2, 0) is 11.3 Å². The number of carbonyl (C=O) groups excluding carboxylic acids is 1. The predicted molar refractivity (Wildman–Crippen MR) is 93.9 cm³/mol. The van der Waals surface area contributed by atoms with E-state index >= 15 is 0 Å². The first-order valence-corrected chi connectivity index (χ1v) is 8.41. The van der Waals surface area contributed by atoms with E-state index < -0.39 is 5.60 Å². The topological polar surface area (TPSA) is 93.4 Å². The van der Waals surface area contributed by atoms with Crippen molar-refractivity contribution in [3.05, 3.63) is 17.6 Å². The van der Waals surface area contributed by atoms with E-state index in [0.717, 1.165) is 43.1 Å². The Balaban J connectivity index is 1.99. The molecule has 7 nitrogen and oxygen atoms in total. The minimum atomic E-state index is -0.491. The Bertz CT molecular complexity index is 589. The lowest BCUT2D eigenvalue weighted by molar-refractivity contribution is 0.0448. The zero-order chi connectivity index (χ0) is 18.0. The first kappa shape index (κ1) is 18.4. The molecule has 24 heavy (non-hydrogen) atoms. The van der Waals surface area contributed by atoms with E-state index in [0.29, 0.717) is 6.54 Å². The van der Waals surface area contributed by atoms with E-state index in [1.54, 1.807) is 6.20 Å². The monoisotopic (exact) mass is 335 g/mol. The van der Waals surface area contributed by atoms with Gasteiger partial charge in [0.1, 0.15) is 5.60 Å². The third-order valence-electron chi connectivity index (χ3n) is 4.11. The Hall–Kier alpha value is -1.89. The van der Waals surface area contributed by atoms with Crippen LogP contribution in [0.5, 0.6) is 0 Å². The van der Waals surface area contributed by atoms with Gasteiger partial charge in [-0.3, -0.25) is 4.98 Å². The summed E-state index contributed by atoms with van der Waals surface area (Å²) in [7, 11) is 0. The molecule has 1 amide bonds.